The highest BCUT2D eigenvalue weighted by Crippen LogP contribution is 2.24. The van der Waals surface area contributed by atoms with Crippen molar-refractivity contribution >= 4 is 28.7 Å². The molecule has 3 rings (SSSR count). The van der Waals surface area contributed by atoms with E-state index in [0.29, 0.717) is 21.6 Å². The molecule has 3 heterocycles. The van der Waals surface area contributed by atoms with Gasteiger partial charge in [0.05, 0.1) is 22.1 Å². The molecule has 1 aliphatic heterocycles. The Morgan fingerprint density at radius 1 is 1.59 bits per heavy atom. The zero-order valence-corrected chi connectivity index (χ0v) is 10.3. The fourth-order valence-corrected chi connectivity index (χ4v) is 2.68. The minimum Gasteiger partial charge on any atom is -0.312 e. The summed E-state index contributed by atoms with van der Waals surface area (Å²) in [6, 6.07) is 2.02. The minimum absolute atomic E-state index is 0.163. The summed E-state index contributed by atoms with van der Waals surface area (Å²) in [5.41, 5.74) is 0.348. The molecule has 0 spiro atoms. The highest BCUT2D eigenvalue weighted by molar-refractivity contribution is 7.13. The first-order chi connectivity index (χ1) is 8.25. The smallest absolute Gasteiger partial charge is 0.226 e. The molecule has 0 saturated carbocycles. The Hall–Kier alpha value is -1.24. The van der Waals surface area contributed by atoms with Gasteiger partial charge < -0.3 is 5.32 Å². The molecule has 0 aromatic carbocycles. The second kappa shape index (κ2) is 4.21. The number of hydrogen-bond acceptors (Lipinski definition) is 5. The van der Waals surface area contributed by atoms with E-state index < -0.39 is 0 Å². The Bertz CT molecular complexity index is 560. The van der Waals surface area contributed by atoms with Crippen molar-refractivity contribution in [3.05, 3.63) is 33.2 Å². The quantitative estimate of drug-likeness (QED) is 0.854. The van der Waals surface area contributed by atoms with Gasteiger partial charge in [-0.1, -0.05) is 16.8 Å². The first-order valence-corrected chi connectivity index (χ1v) is 6.41. The zero-order valence-electron chi connectivity index (χ0n) is 8.76. The molecule has 5 nitrogen and oxygen atoms in total. The van der Waals surface area contributed by atoms with Gasteiger partial charge in [-0.3, -0.25) is 4.79 Å². The van der Waals surface area contributed by atoms with Crippen molar-refractivity contribution in [1.29, 1.82) is 0 Å². The van der Waals surface area contributed by atoms with E-state index in [1.165, 1.54) is 11.3 Å². The van der Waals surface area contributed by atoms with Crippen LogP contribution in [-0.2, 0) is 0 Å². The number of carbonyl (C=O) groups is 1. The number of thiophene rings is 1. The summed E-state index contributed by atoms with van der Waals surface area (Å²) >= 11 is 7.24. The third kappa shape index (κ3) is 1.88. The van der Waals surface area contributed by atoms with E-state index in [-0.39, 0.29) is 5.78 Å². The minimum atomic E-state index is -0.163. The van der Waals surface area contributed by atoms with Crippen LogP contribution in [0, 0.1) is 0 Å². The Labute approximate surface area is 106 Å². The molecular formula is C10H9ClN4OS. The van der Waals surface area contributed by atoms with Crippen LogP contribution in [0.2, 0.25) is 5.02 Å². The van der Waals surface area contributed by atoms with Gasteiger partial charge in [-0.25, -0.2) is 4.68 Å². The van der Waals surface area contributed by atoms with Crippen molar-refractivity contribution < 1.29 is 4.79 Å². The molecule has 88 valence electrons. The van der Waals surface area contributed by atoms with Gasteiger partial charge in [-0.05, 0) is 11.4 Å². The molecule has 0 unspecified atom stereocenters. The summed E-state index contributed by atoms with van der Waals surface area (Å²) in [6.45, 7) is 1.74. The van der Waals surface area contributed by atoms with Gasteiger partial charge in [-0.15, -0.1) is 16.4 Å². The van der Waals surface area contributed by atoms with Gasteiger partial charge in [0.15, 0.2) is 5.69 Å². The van der Waals surface area contributed by atoms with Crippen molar-refractivity contribution in [2.24, 2.45) is 0 Å². The van der Waals surface area contributed by atoms with E-state index in [1.54, 1.807) is 22.3 Å². The average Bonchev–Trinajstić information content (AvgIpc) is 2.84. The zero-order chi connectivity index (χ0) is 11.8. The number of nitrogens with zero attached hydrogens (tertiary/aromatic N) is 3. The van der Waals surface area contributed by atoms with Crippen LogP contribution in [0.4, 0.5) is 0 Å². The predicted molar refractivity (Wildman–Crippen MR) is 64.7 cm³/mol. The molecule has 2 aromatic rings. The van der Waals surface area contributed by atoms with Gasteiger partial charge >= 0.3 is 0 Å². The molecule has 0 atom stereocenters. The predicted octanol–water partition coefficient (Wildman–Crippen LogP) is 1.37. The molecule has 0 radical (unpaired) electrons. The molecule has 0 bridgehead atoms. The lowest BCUT2D eigenvalue weighted by molar-refractivity contribution is 0.103. The van der Waals surface area contributed by atoms with E-state index in [4.69, 9.17) is 11.6 Å². The van der Waals surface area contributed by atoms with Crippen molar-refractivity contribution in [2.45, 2.75) is 6.04 Å². The van der Waals surface area contributed by atoms with Crippen molar-refractivity contribution in [2.75, 3.05) is 13.1 Å². The summed E-state index contributed by atoms with van der Waals surface area (Å²) in [7, 11) is 0. The molecule has 1 saturated heterocycles. The van der Waals surface area contributed by atoms with Gasteiger partial charge in [0.25, 0.3) is 0 Å². The highest BCUT2D eigenvalue weighted by atomic mass is 35.5. The first kappa shape index (κ1) is 10.9. The van der Waals surface area contributed by atoms with Gasteiger partial charge in [0, 0.05) is 13.1 Å². The Kier molecular flexibility index (Phi) is 2.70. The van der Waals surface area contributed by atoms with Crippen molar-refractivity contribution in [3.8, 4) is 0 Å². The van der Waals surface area contributed by atoms with Crippen molar-refractivity contribution in [3.63, 3.8) is 0 Å². The molecule has 1 fully saturated rings. The van der Waals surface area contributed by atoms with Gasteiger partial charge in [0.2, 0.25) is 5.78 Å². The molecule has 0 amide bonds. The number of halogens is 1. The average molecular weight is 269 g/mol. The number of ketones is 1. The fraction of sp³-hybridized carbons (Fsp3) is 0.300. The normalized spacial score (nSPS) is 15.8. The monoisotopic (exact) mass is 268 g/mol. The number of hydrogen-bond donors (Lipinski definition) is 1. The molecule has 0 aliphatic carbocycles. The molecule has 2 aromatic heterocycles. The third-order valence-corrected chi connectivity index (χ3v) is 4.04. The van der Waals surface area contributed by atoms with E-state index in [9.17, 15) is 4.79 Å². The SMILES string of the molecule is O=C(c1cn(C2CNC2)nn1)c1sccc1Cl. The maximum Gasteiger partial charge on any atom is 0.226 e. The third-order valence-electron chi connectivity index (χ3n) is 2.70. The lowest BCUT2D eigenvalue weighted by atomic mass is 10.2. The standard InChI is InChI=1S/C10H9ClN4OS/c11-7-1-2-17-10(7)9(16)8-5-15(14-13-8)6-3-12-4-6/h1-2,5-6,12H,3-4H2. The summed E-state index contributed by atoms with van der Waals surface area (Å²) in [4.78, 5) is 12.6. The lowest BCUT2D eigenvalue weighted by Gasteiger charge is -2.26. The van der Waals surface area contributed by atoms with E-state index in [2.05, 4.69) is 15.6 Å². The summed E-state index contributed by atoms with van der Waals surface area (Å²) in [5.74, 6) is -0.163. The summed E-state index contributed by atoms with van der Waals surface area (Å²) in [5, 5.41) is 13.3. The molecule has 1 aliphatic rings. The molecule has 7 heteroatoms. The van der Waals surface area contributed by atoms with Gasteiger partial charge in [-0.2, -0.15) is 0 Å². The second-order valence-electron chi connectivity index (χ2n) is 3.82. The van der Waals surface area contributed by atoms with Crippen LogP contribution in [-0.4, -0.2) is 33.9 Å². The Balaban J connectivity index is 1.86. The number of aromatic nitrogens is 3. The molecule has 17 heavy (non-hydrogen) atoms. The van der Waals surface area contributed by atoms with Crippen LogP contribution in [0.15, 0.2) is 17.6 Å². The van der Waals surface area contributed by atoms with E-state index in [0.717, 1.165) is 13.1 Å². The lowest BCUT2D eigenvalue weighted by Crippen LogP contribution is -2.43. The van der Waals surface area contributed by atoms with E-state index in [1.807, 2.05) is 0 Å². The Morgan fingerprint density at radius 2 is 2.41 bits per heavy atom. The largest absolute Gasteiger partial charge is 0.312 e. The number of carbonyl (C=O) groups excluding carboxylic acids is 1. The van der Waals surface area contributed by atoms with Gasteiger partial charge in [0.1, 0.15) is 0 Å². The molecule has 1 N–H and O–H groups in total. The molecular weight excluding hydrogens is 260 g/mol. The van der Waals surface area contributed by atoms with Crippen LogP contribution in [0.25, 0.3) is 0 Å². The number of nitrogens with one attached hydrogen (secondary N) is 1. The highest BCUT2D eigenvalue weighted by Gasteiger charge is 2.23. The number of rotatable bonds is 3. The summed E-state index contributed by atoms with van der Waals surface area (Å²) < 4.78 is 1.73. The Morgan fingerprint density at radius 3 is 3.00 bits per heavy atom. The van der Waals surface area contributed by atoms with Crippen LogP contribution >= 0.6 is 22.9 Å². The van der Waals surface area contributed by atoms with E-state index >= 15 is 0 Å². The van der Waals surface area contributed by atoms with Crippen molar-refractivity contribution in [1.82, 2.24) is 20.3 Å². The van der Waals surface area contributed by atoms with Crippen LogP contribution in [0.1, 0.15) is 21.4 Å². The first-order valence-electron chi connectivity index (χ1n) is 5.16. The maximum absolute atomic E-state index is 12.1. The topological polar surface area (TPSA) is 59.8 Å². The van der Waals surface area contributed by atoms with Crippen LogP contribution < -0.4 is 5.32 Å². The second-order valence-corrected chi connectivity index (χ2v) is 5.15. The fourth-order valence-electron chi connectivity index (χ4n) is 1.59. The maximum atomic E-state index is 12.1. The summed E-state index contributed by atoms with van der Waals surface area (Å²) in [6.07, 6.45) is 1.68. The van der Waals surface area contributed by atoms with Crippen LogP contribution in [0.5, 0.6) is 0 Å². The van der Waals surface area contributed by atoms with Crippen LogP contribution in [0.3, 0.4) is 0 Å².